The van der Waals surface area contributed by atoms with Gasteiger partial charge in [-0.3, -0.25) is 9.69 Å². The Bertz CT molecular complexity index is 1020. The molecule has 0 unspecified atom stereocenters. The van der Waals surface area contributed by atoms with Crippen molar-refractivity contribution in [2.45, 2.75) is 52.4 Å². The number of nitrogens with zero attached hydrogens (tertiary/aromatic N) is 4. The van der Waals surface area contributed by atoms with Crippen molar-refractivity contribution >= 4 is 17.6 Å². The average molecular weight is 499 g/mol. The van der Waals surface area contributed by atoms with Crippen LogP contribution in [0.3, 0.4) is 0 Å². The Balaban J connectivity index is 1.91. The Morgan fingerprint density at radius 2 is 1.94 bits per heavy atom. The number of hydrogen-bond donors (Lipinski definition) is 2. The van der Waals surface area contributed by atoms with Gasteiger partial charge in [-0.05, 0) is 44.9 Å². The summed E-state index contributed by atoms with van der Waals surface area (Å²) in [5, 5.41) is 5.58. The van der Waals surface area contributed by atoms with E-state index in [1.807, 2.05) is 26.2 Å². The zero-order chi connectivity index (χ0) is 26.2. The van der Waals surface area contributed by atoms with Gasteiger partial charge in [0, 0.05) is 69.5 Å². The average Bonchev–Trinajstić information content (AvgIpc) is 2.84. The van der Waals surface area contributed by atoms with Gasteiger partial charge >= 0.3 is 6.03 Å². The van der Waals surface area contributed by atoms with Crippen LogP contribution in [0.15, 0.2) is 36.9 Å². The summed E-state index contributed by atoms with van der Waals surface area (Å²) in [5.41, 5.74) is 1.92. The Hall–Kier alpha value is -3.24. The molecule has 2 N–H and O–H groups in total. The summed E-state index contributed by atoms with van der Waals surface area (Å²) in [6.07, 6.45) is 5.00. The largest absolute Gasteiger partial charge is 0.491 e. The van der Waals surface area contributed by atoms with Gasteiger partial charge in [-0.25, -0.2) is 14.8 Å². The van der Waals surface area contributed by atoms with Gasteiger partial charge < -0.3 is 25.0 Å². The molecule has 3 atom stereocenters. The minimum Gasteiger partial charge on any atom is -0.491 e. The summed E-state index contributed by atoms with van der Waals surface area (Å²) in [4.78, 5) is 37.9. The van der Waals surface area contributed by atoms with E-state index in [0.717, 1.165) is 12.1 Å². The maximum atomic E-state index is 13.5. The van der Waals surface area contributed by atoms with Gasteiger partial charge in [-0.1, -0.05) is 6.92 Å². The number of benzene rings is 1. The van der Waals surface area contributed by atoms with Crippen LogP contribution in [-0.4, -0.2) is 83.7 Å². The third kappa shape index (κ3) is 7.38. The first-order chi connectivity index (χ1) is 17.2. The van der Waals surface area contributed by atoms with Gasteiger partial charge in [0.15, 0.2) is 0 Å². The molecule has 0 spiro atoms. The number of amides is 3. The van der Waals surface area contributed by atoms with Crippen LogP contribution in [0, 0.1) is 5.92 Å². The highest BCUT2D eigenvalue weighted by atomic mass is 16.5. The van der Waals surface area contributed by atoms with Gasteiger partial charge in [-0.15, -0.1) is 0 Å². The molecule has 3 rings (SSSR count). The number of carbonyl (C=O) groups is 2. The minimum atomic E-state index is -0.331. The van der Waals surface area contributed by atoms with Gasteiger partial charge in [-0.2, -0.15) is 0 Å². The van der Waals surface area contributed by atoms with Crippen molar-refractivity contribution in [3.05, 3.63) is 48.0 Å². The van der Waals surface area contributed by atoms with Gasteiger partial charge in [0.1, 0.15) is 18.7 Å². The van der Waals surface area contributed by atoms with E-state index in [0.29, 0.717) is 36.7 Å². The van der Waals surface area contributed by atoms with E-state index in [1.165, 1.54) is 6.33 Å². The maximum absolute atomic E-state index is 13.5. The van der Waals surface area contributed by atoms with Gasteiger partial charge in [0.2, 0.25) is 0 Å². The van der Waals surface area contributed by atoms with Crippen molar-refractivity contribution in [3.63, 3.8) is 0 Å². The molecule has 0 saturated carbocycles. The third-order valence-electron chi connectivity index (χ3n) is 6.25. The van der Waals surface area contributed by atoms with Gasteiger partial charge in [0.25, 0.3) is 5.91 Å². The fourth-order valence-corrected chi connectivity index (χ4v) is 4.23. The van der Waals surface area contributed by atoms with E-state index >= 15 is 0 Å². The molecule has 0 fully saturated rings. The summed E-state index contributed by atoms with van der Waals surface area (Å²) >= 11 is 0. The number of anilines is 1. The van der Waals surface area contributed by atoms with Crippen molar-refractivity contribution in [3.8, 4) is 5.75 Å². The predicted octanol–water partition coefficient (Wildman–Crippen LogP) is 3.01. The molecule has 3 amide bonds. The maximum Gasteiger partial charge on any atom is 0.319 e. The standard InChI is InChI=1S/C26H38N6O4/c1-17(2)29-26(34)30-21-7-8-23-22(9-21)25(33)31(5)14-24(35-6)18(3)12-32(19(4)15-36-23)13-20-10-27-16-28-11-20/h7-11,16-19,24H,12-15H2,1-6H3,(H2,29,30,34)/t18-,19-,24-/m1/s1. The van der Waals surface area contributed by atoms with Crippen molar-refractivity contribution < 1.29 is 19.1 Å². The molecule has 1 aliphatic heterocycles. The topological polar surface area (TPSA) is 109 Å². The molecular formula is C26H38N6O4. The summed E-state index contributed by atoms with van der Waals surface area (Å²) in [6, 6.07) is 4.83. The fourth-order valence-electron chi connectivity index (χ4n) is 4.23. The van der Waals surface area contributed by atoms with Crippen LogP contribution < -0.4 is 15.4 Å². The zero-order valence-corrected chi connectivity index (χ0v) is 22.0. The monoisotopic (exact) mass is 498 g/mol. The Kier molecular flexibility index (Phi) is 9.60. The zero-order valence-electron chi connectivity index (χ0n) is 22.0. The van der Waals surface area contributed by atoms with Crippen LogP contribution in [0.1, 0.15) is 43.6 Å². The highest BCUT2D eigenvalue weighted by Gasteiger charge is 2.28. The molecule has 0 bridgehead atoms. The Morgan fingerprint density at radius 1 is 1.22 bits per heavy atom. The number of carbonyl (C=O) groups excluding carboxylic acids is 2. The second-order valence-corrected chi connectivity index (χ2v) is 9.74. The lowest BCUT2D eigenvalue weighted by molar-refractivity contribution is 0.00918. The summed E-state index contributed by atoms with van der Waals surface area (Å²) in [5.74, 6) is 0.418. The highest BCUT2D eigenvalue weighted by molar-refractivity contribution is 5.99. The fraction of sp³-hybridized carbons (Fsp3) is 0.538. The molecule has 1 aromatic carbocycles. The number of aromatic nitrogens is 2. The van der Waals surface area contributed by atoms with E-state index < -0.39 is 0 Å². The molecule has 1 aliphatic rings. The number of hydrogen-bond acceptors (Lipinski definition) is 7. The molecule has 2 heterocycles. The number of rotatable bonds is 5. The first-order valence-corrected chi connectivity index (χ1v) is 12.3. The number of fused-ring (bicyclic) bond motifs is 1. The van der Waals surface area contributed by atoms with Crippen molar-refractivity contribution in [2.75, 3.05) is 39.2 Å². The molecular weight excluding hydrogens is 460 g/mol. The quantitative estimate of drug-likeness (QED) is 0.652. The van der Waals surface area contributed by atoms with E-state index in [1.54, 1.807) is 37.3 Å². The molecule has 2 aromatic rings. The van der Waals surface area contributed by atoms with Crippen molar-refractivity contribution in [1.82, 2.24) is 25.1 Å². The molecule has 1 aromatic heterocycles. The molecule has 10 heteroatoms. The first kappa shape index (κ1) is 27.3. The third-order valence-corrected chi connectivity index (χ3v) is 6.25. The Morgan fingerprint density at radius 3 is 2.61 bits per heavy atom. The number of methoxy groups -OCH3 is 1. The number of likely N-dealkylation sites (N-methyl/N-ethyl adjacent to an activating group) is 1. The number of urea groups is 1. The Labute approximate surface area is 213 Å². The summed E-state index contributed by atoms with van der Waals surface area (Å²) in [6.45, 7) is 10.2. The van der Waals surface area contributed by atoms with Crippen LogP contribution in [-0.2, 0) is 11.3 Å². The first-order valence-electron chi connectivity index (χ1n) is 12.3. The van der Waals surface area contributed by atoms with E-state index in [4.69, 9.17) is 9.47 Å². The van der Waals surface area contributed by atoms with Crippen LogP contribution >= 0.6 is 0 Å². The van der Waals surface area contributed by atoms with Crippen LogP contribution in [0.25, 0.3) is 0 Å². The molecule has 36 heavy (non-hydrogen) atoms. The second-order valence-electron chi connectivity index (χ2n) is 9.74. The lowest BCUT2D eigenvalue weighted by Crippen LogP contribution is -2.46. The molecule has 196 valence electrons. The van der Waals surface area contributed by atoms with Crippen molar-refractivity contribution in [2.24, 2.45) is 5.92 Å². The second kappa shape index (κ2) is 12.6. The molecule has 0 saturated heterocycles. The van der Waals surface area contributed by atoms with Crippen LogP contribution in [0.5, 0.6) is 5.75 Å². The molecule has 10 nitrogen and oxygen atoms in total. The summed E-state index contributed by atoms with van der Waals surface area (Å²) < 4.78 is 12.0. The number of ether oxygens (including phenoxy) is 2. The van der Waals surface area contributed by atoms with E-state index in [9.17, 15) is 9.59 Å². The normalized spacial score (nSPS) is 21.7. The lowest BCUT2D eigenvalue weighted by atomic mass is 10.0. The van der Waals surface area contributed by atoms with E-state index in [2.05, 4.69) is 39.3 Å². The molecule has 0 radical (unpaired) electrons. The van der Waals surface area contributed by atoms with Crippen molar-refractivity contribution in [1.29, 1.82) is 0 Å². The number of nitrogens with one attached hydrogen (secondary N) is 2. The predicted molar refractivity (Wildman–Crippen MR) is 138 cm³/mol. The van der Waals surface area contributed by atoms with E-state index in [-0.39, 0.29) is 36.0 Å². The van der Waals surface area contributed by atoms with Gasteiger partial charge in [0.05, 0.1) is 11.7 Å². The minimum absolute atomic E-state index is 0.00904. The molecule has 0 aliphatic carbocycles. The van der Waals surface area contributed by atoms with Crippen LogP contribution in [0.4, 0.5) is 10.5 Å². The lowest BCUT2D eigenvalue weighted by Gasteiger charge is -2.36. The summed E-state index contributed by atoms with van der Waals surface area (Å²) in [7, 11) is 3.43. The smallest absolute Gasteiger partial charge is 0.319 e. The van der Waals surface area contributed by atoms with Crippen LogP contribution in [0.2, 0.25) is 0 Å². The highest BCUT2D eigenvalue weighted by Crippen LogP contribution is 2.26. The SMILES string of the molecule is CO[C@@H]1CN(C)C(=O)c2cc(NC(=O)NC(C)C)ccc2OC[C@@H](C)N(Cc2cncnc2)C[C@H]1C.